The number of rotatable bonds is 3. The van der Waals surface area contributed by atoms with Gasteiger partial charge in [0.05, 0.1) is 15.3 Å². The fourth-order valence-electron chi connectivity index (χ4n) is 1.31. The highest BCUT2D eigenvalue weighted by molar-refractivity contribution is 14.1. The summed E-state index contributed by atoms with van der Waals surface area (Å²) in [6.45, 7) is 1.88. The average molecular weight is 356 g/mol. The summed E-state index contributed by atoms with van der Waals surface area (Å²) in [7, 11) is 0. The number of hydrogen-bond acceptors (Lipinski definition) is 4. The first-order chi connectivity index (χ1) is 8.56. The van der Waals surface area contributed by atoms with Crippen LogP contribution >= 0.6 is 22.6 Å². The van der Waals surface area contributed by atoms with Gasteiger partial charge in [-0.3, -0.25) is 0 Å². The topological polar surface area (TPSA) is 72.3 Å². The van der Waals surface area contributed by atoms with Gasteiger partial charge in [-0.1, -0.05) is 0 Å². The fourth-order valence-corrected chi connectivity index (χ4v) is 1.76. The van der Waals surface area contributed by atoms with Crippen molar-refractivity contribution in [2.75, 3.05) is 0 Å². The molecule has 0 spiro atoms. The van der Waals surface area contributed by atoms with Gasteiger partial charge in [-0.05, 0) is 53.3 Å². The predicted molar refractivity (Wildman–Crippen MR) is 73.0 cm³/mol. The standard InChI is InChI=1S/C12H9IN2O3/c1-7-4-11(15-14-6-7)18-10-5-8(12(16)17)2-3-9(10)13/h2-6H,1H3,(H,16,17). The minimum atomic E-state index is -0.994. The van der Waals surface area contributed by atoms with Crippen LogP contribution in [0.25, 0.3) is 0 Å². The Morgan fingerprint density at radius 1 is 1.39 bits per heavy atom. The summed E-state index contributed by atoms with van der Waals surface area (Å²) in [4.78, 5) is 10.9. The van der Waals surface area contributed by atoms with Gasteiger partial charge in [0.2, 0.25) is 5.88 Å². The van der Waals surface area contributed by atoms with E-state index in [-0.39, 0.29) is 5.56 Å². The van der Waals surface area contributed by atoms with Crippen LogP contribution in [0.15, 0.2) is 30.5 Å². The highest BCUT2D eigenvalue weighted by Gasteiger charge is 2.09. The maximum Gasteiger partial charge on any atom is 0.335 e. The number of aromatic carboxylic acids is 1. The second kappa shape index (κ2) is 5.30. The second-order valence-electron chi connectivity index (χ2n) is 3.62. The minimum Gasteiger partial charge on any atom is -0.478 e. The van der Waals surface area contributed by atoms with Crippen LogP contribution < -0.4 is 4.74 Å². The minimum absolute atomic E-state index is 0.172. The van der Waals surface area contributed by atoms with E-state index in [4.69, 9.17) is 9.84 Å². The van der Waals surface area contributed by atoms with Crippen molar-refractivity contribution in [3.8, 4) is 11.6 Å². The molecule has 92 valence electrons. The third-order valence-corrected chi connectivity index (χ3v) is 3.05. The Morgan fingerprint density at radius 3 is 2.83 bits per heavy atom. The lowest BCUT2D eigenvalue weighted by atomic mass is 10.2. The van der Waals surface area contributed by atoms with Gasteiger partial charge in [0.25, 0.3) is 0 Å². The summed E-state index contributed by atoms with van der Waals surface area (Å²) in [6, 6.07) is 6.41. The van der Waals surface area contributed by atoms with E-state index >= 15 is 0 Å². The zero-order valence-electron chi connectivity index (χ0n) is 9.42. The van der Waals surface area contributed by atoms with Gasteiger partial charge >= 0.3 is 5.97 Å². The lowest BCUT2D eigenvalue weighted by Crippen LogP contribution is -1.98. The van der Waals surface area contributed by atoms with Crippen molar-refractivity contribution < 1.29 is 14.6 Å². The van der Waals surface area contributed by atoms with Gasteiger partial charge in [-0.2, -0.15) is 5.10 Å². The lowest BCUT2D eigenvalue weighted by molar-refractivity contribution is 0.0696. The number of ether oxygens (including phenoxy) is 1. The molecule has 0 radical (unpaired) electrons. The molecule has 0 amide bonds. The Hall–Kier alpha value is -1.70. The highest BCUT2D eigenvalue weighted by Crippen LogP contribution is 2.26. The number of carboxylic acid groups (broad SMARTS) is 1. The van der Waals surface area contributed by atoms with Crippen LogP contribution in [0.2, 0.25) is 0 Å². The monoisotopic (exact) mass is 356 g/mol. The maximum atomic E-state index is 10.9. The third-order valence-electron chi connectivity index (χ3n) is 2.16. The fraction of sp³-hybridized carbons (Fsp3) is 0.0833. The first-order valence-corrected chi connectivity index (χ1v) is 6.14. The third kappa shape index (κ3) is 2.95. The van der Waals surface area contributed by atoms with Crippen LogP contribution in [0, 0.1) is 10.5 Å². The Kier molecular flexibility index (Phi) is 3.75. The summed E-state index contributed by atoms with van der Waals surface area (Å²) in [5.74, 6) is -0.197. The molecule has 0 saturated carbocycles. The number of nitrogens with zero attached hydrogens (tertiary/aromatic N) is 2. The summed E-state index contributed by atoms with van der Waals surface area (Å²) >= 11 is 2.07. The van der Waals surface area contributed by atoms with Crippen molar-refractivity contribution in [2.24, 2.45) is 0 Å². The molecule has 0 saturated heterocycles. The quantitative estimate of drug-likeness (QED) is 0.857. The predicted octanol–water partition coefficient (Wildman–Crippen LogP) is 2.88. The molecule has 0 aliphatic heterocycles. The molecule has 0 atom stereocenters. The first-order valence-electron chi connectivity index (χ1n) is 5.06. The molecule has 1 N–H and O–H groups in total. The van der Waals surface area contributed by atoms with Crippen LogP contribution in [0.5, 0.6) is 11.6 Å². The van der Waals surface area contributed by atoms with Gasteiger partial charge in [-0.15, -0.1) is 5.10 Å². The summed E-state index contributed by atoms with van der Waals surface area (Å²) in [5.41, 5.74) is 1.09. The maximum absolute atomic E-state index is 10.9. The number of hydrogen-bond donors (Lipinski definition) is 1. The van der Waals surface area contributed by atoms with Crippen molar-refractivity contribution in [2.45, 2.75) is 6.92 Å². The van der Waals surface area contributed by atoms with Crippen LogP contribution in [-0.2, 0) is 0 Å². The van der Waals surface area contributed by atoms with Crippen molar-refractivity contribution in [3.63, 3.8) is 0 Å². The Morgan fingerprint density at radius 2 is 2.17 bits per heavy atom. The summed E-state index contributed by atoms with van der Waals surface area (Å²) < 4.78 is 6.34. The highest BCUT2D eigenvalue weighted by atomic mass is 127. The molecule has 0 unspecified atom stereocenters. The van der Waals surface area contributed by atoms with Gasteiger partial charge in [-0.25, -0.2) is 4.79 Å². The van der Waals surface area contributed by atoms with E-state index in [1.807, 2.05) is 6.92 Å². The van der Waals surface area contributed by atoms with Crippen molar-refractivity contribution in [1.82, 2.24) is 10.2 Å². The summed E-state index contributed by atoms with van der Waals surface area (Å²) in [6.07, 6.45) is 1.62. The van der Waals surface area contributed by atoms with E-state index in [2.05, 4.69) is 32.8 Å². The molecule has 2 rings (SSSR count). The second-order valence-corrected chi connectivity index (χ2v) is 4.79. The largest absolute Gasteiger partial charge is 0.478 e. The molecule has 1 aromatic carbocycles. The molecule has 0 aliphatic carbocycles. The number of halogens is 1. The smallest absolute Gasteiger partial charge is 0.335 e. The number of aryl methyl sites for hydroxylation is 1. The molecule has 0 bridgehead atoms. The summed E-state index contributed by atoms with van der Waals surface area (Å²) in [5, 5.41) is 16.5. The molecular formula is C12H9IN2O3. The number of carboxylic acids is 1. The van der Waals surface area contributed by atoms with Crippen molar-refractivity contribution in [3.05, 3.63) is 45.2 Å². The molecule has 18 heavy (non-hydrogen) atoms. The lowest BCUT2D eigenvalue weighted by Gasteiger charge is -2.07. The Bertz CT molecular complexity index is 602. The molecule has 1 aromatic heterocycles. The number of aromatic nitrogens is 2. The normalized spacial score (nSPS) is 10.1. The Balaban J connectivity index is 2.33. The van der Waals surface area contributed by atoms with Crippen LogP contribution in [0.4, 0.5) is 0 Å². The zero-order chi connectivity index (χ0) is 13.1. The van der Waals surface area contributed by atoms with Crippen molar-refractivity contribution >= 4 is 28.6 Å². The first kappa shape index (κ1) is 12.7. The molecule has 2 aromatic rings. The zero-order valence-corrected chi connectivity index (χ0v) is 11.6. The van der Waals surface area contributed by atoms with Gasteiger partial charge in [0.15, 0.2) is 0 Å². The molecule has 5 nitrogen and oxygen atoms in total. The van der Waals surface area contributed by atoms with E-state index in [0.29, 0.717) is 11.6 Å². The van der Waals surface area contributed by atoms with Gasteiger partial charge in [0.1, 0.15) is 5.75 Å². The van der Waals surface area contributed by atoms with E-state index in [0.717, 1.165) is 9.13 Å². The van der Waals surface area contributed by atoms with Gasteiger partial charge in [0, 0.05) is 6.07 Å². The Labute approximate surface area is 117 Å². The molecule has 1 heterocycles. The number of carbonyl (C=O) groups is 1. The van der Waals surface area contributed by atoms with E-state index < -0.39 is 5.97 Å². The van der Waals surface area contributed by atoms with Gasteiger partial charge < -0.3 is 9.84 Å². The molecule has 0 aliphatic rings. The van der Waals surface area contributed by atoms with Crippen molar-refractivity contribution in [1.29, 1.82) is 0 Å². The van der Waals surface area contributed by atoms with Crippen LogP contribution in [0.3, 0.4) is 0 Å². The van der Waals surface area contributed by atoms with E-state index in [1.165, 1.54) is 12.1 Å². The van der Waals surface area contributed by atoms with E-state index in [1.54, 1.807) is 18.3 Å². The molecule has 6 heteroatoms. The average Bonchev–Trinajstić information content (AvgIpc) is 2.31. The van der Waals surface area contributed by atoms with Crippen LogP contribution in [0.1, 0.15) is 15.9 Å². The van der Waals surface area contributed by atoms with E-state index in [9.17, 15) is 4.79 Å². The SMILES string of the molecule is Cc1cnnc(Oc2cc(C(=O)O)ccc2I)c1. The molecular weight excluding hydrogens is 347 g/mol. The number of benzene rings is 1. The molecule has 0 fully saturated rings. The van der Waals surface area contributed by atoms with Crippen LogP contribution in [-0.4, -0.2) is 21.3 Å².